The first-order chi connectivity index (χ1) is 15.0. The van der Waals surface area contributed by atoms with E-state index in [0.717, 1.165) is 11.6 Å². The molecule has 3 rings (SSSR count). The van der Waals surface area contributed by atoms with E-state index in [2.05, 4.69) is 10.6 Å². The van der Waals surface area contributed by atoms with Crippen molar-refractivity contribution >= 4 is 29.4 Å². The second kappa shape index (κ2) is 8.69. The van der Waals surface area contributed by atoms with Gasteiger partial charge in [0.05, 0.1) is 12.2 Å². The van der Waals surface area contributed by atoms with Gasteiger partial charge in [-0.2, -0.15) is 0 Å². The number of rotatable bonds is 6. The van der Waals surface area contributed by atoms with E-state index in [-0.39, 0.29) is 0 Å². The molecule has 8 nitrogen and oxygen atoms in total. The van der Waals surface area contributed by atoms with Crippen LogP contribution in [-0.2, 0) is 19.9 Å². The number of hydrogen-bond donors (Lipinski definition) is 3. The number of carbonyl (C=O) groups is 4. The van der Waals surface area contributed by atoms with Crippen molar-refractivity contribution in [3.8, 4) is 0 Å². The van der Waals surface area contributed by atoms with Gasteiger partial charge in [-0.3, -0.25) is 19.3 Å². The summed E-state index contributed by atoms with van der Waals surface area (Å²) in [4.78, 5) is 49.8. The van der Waals surface area contributed by atoms with Crippen molar-refractivity contribution in [3.05, 3.63) is 65.0 Å². The monoisotopic (exact) mass is 448 g/mol. The zero-order valence-corrected chi connectivity index (χ0v) is 17.1. The molecule has 32 heavy (non-hydrogen) atoms. The van der Waals surface area contributed by atoms with Crippen LogP contribution in [-0.4, -0.2) is 41.7 Å². The van der Waals surface area contributed by atoms with E-state index in [1.165, 1.54) is 6.92 Å². The highest BCUT2D eigenvalue weighted by Gasteiger charge is 2.49. The summed E-state index contributed by atoms with van der Waals surface area (Å²) in [6, 6.07) is 7.63. The molecular weight excluding hydrogens is 429 g/mol. The highest BCUT2D eigenvalue weighted by molar-refractivity contribution is 6.09. The van der Waals surface area contributed by atoms with E-state index in [1.807, 2.05) is 12.2 Å². The summed E-state index contributed by atoms with van der Waals surface area (Å²) in [5.41, 5.74) is -0.456. The van der Waals surface area contributed by atoms with E-state index in [9.17, 15) is 32.3 Å². The molecule has 1 atom stereocenters. The number of imide groups is 1. The third-order valence-corrected chi connectivity index (χ3v) is 4.96. The van der Waals surface area contributed by atoms with Gasteiger partial charge >= 0.3 is 6.03 Å². The van der Waals surface area contributed by atoms with Crippen LogP contribution in [0.2, 0.25) is 0 Å². The number of nitrogens with one attached hydrogen (secondary N) is 3. The molecule has 0 saturated carbocycles. The molecular formula is C21H19F3N4O4. The largest absolute Gasteiger partial charge is 0.345 e. The third kappa shape index (κ3) is 4.41. The Morgan fingerprint density at radius 3 is 2.31 bits per heavy atom. The Bertz CT molecular complexity index is 1110. The Balaban J connectivity index is 1.58. The normalized spacial score (nSPS) is 17.8. The van der Waals surface area contributed by atoms with Crippen molar-refractivity contribution in [3.63, 3.8) is 0 Å². The van der Waals surface area contributed by atoms with Crippen molar-refractivity contribution < 1.29 is 32.3 Å². The third-order valence-electron chi connectivity index (χ3n) is 4.96. The summed E-state index contributed by atoms with van der Waals surface area (Å²) in [6.45, 7) is 2.07. The fourth-order valence-corrected chi connectivity index (χ4v) is 3.12. The molecule has 1 aliphatic rings. The van der Waals surface area contributed by atoms with Gasteiger partial charge in [-0.05, 0) is 31.5 Å². The molecule has 3 N–H and O–H groups in total. The Morgan fingerprint density at radius 2 is 1.66 bits per heavy atom. The first-order valence-corrected chi connectivity index (χ1v) is 9.44. The fraction of sp³-hybridized carbons (Fsp3) is 0.238. The van der Waals surface area contributed by atoms with E-state index < -0.39 is 65.5 Å². The van der Waals surface area contributed by atoms with Gasteiger partial charge in [-0.15, -0.1) is 0 Å². The van der Waals surface area contributed by atoms with Gasteiger partial charge in [0, 0.05) is 0 Å². The highest BCUT2D eigenvalue weighted by Crippen LogP contribution is 2.28. The number of aryl methyl sites for hydroxylation is 1. The summed E-state index contributed by atoms with van der Waals surface area (Å²) in [7, 11) is 0. The molecule has 0 unspecified atom stereocenters. The van der Waals surface area contributed by atoms with Gasteiger partial charge < -0.3 is 16.0 Å². The smallest absolute Gasteiger partial charge is 0.325 e. The Labute approximate surface area is 180 Å². The quantitative estimate of drug-likeness (QED) is 0.464. The Kier molecular flexibility index (Phi) is 6.19. The molecule has 0 bridgehead atoms. The molecule has 0 aliphatic carbocycles. The molecule has 1 aliphatic heterocycles. The predicted octanol–water partition coefficient (Wildman–Crippen LogP) is 1.93. The molecule has 0 aromatic heterocycles. The lowest BCUT2D eigenvalue weighted by molar-refractivity contribution is -0.135. The molecule has 1 saturated heterocycles. The fourth-order valence-electron chi connectivity index (χ4n) is 3.12. The first-order valence-electron chi connectivity index (χ1n) is 9.44. The van der Waals surface area contributed by atoms with Crippen LogP contribution in [0, 0.1) is 24.4 Å². The number of urea groups is 1. The number of carbonyl (C=O) groups excluding carboxylic acids is 4. The first kappa shape index (κ1) is 22.8. The minimum Gasteiger partial charge on any atom is -0.345 e. The number of halogens is 3. The maximum Gasteiger partial charge on any atom is 0.325 e. The lowest BCUT2D eigenvalue weighted by Crippen LogP contribution is -2.44. The van der Waals surface area contributed by atoms with Gasteiger partial charge in [0.1, 0.15) is 12.1 Å². The predicted molar refractivity (Wildman–Crippen MR) is 107 cm³/mol. The zero-order chi connectivity index (χ0) is 23.6. The molecule has 0 radical (unpaired) electrons. The van der Waals surface area contributed by atoms with Crippen LogP contribution >= 0.6 is 0 Å². The summed E-state index contributed by atoms with van der Waals surface area (Å²) in [5.74, 6) is -7.15. The van der Waals surface area contributed by atoms with E-state index in [0.29, 0.717) is 16.5 Å². The average molecular weight is 448 g/mol. The van der Waals surface area contributed by atoms with Crippen LogP contribution in [0.1, 0.15) is 18.1 Å². The summed E-state index contributed by atoms with van der Waals surface area (Å²) >= 11 is 0. The molecule has 2 aromatic rings. The van der Waals surface area contributed by atoms with Gasteiger partial charge in [0.25, 0.3) is 5.91 Å². The summed E-state index contributed by atoms with van der Waals surface area (Å²) < 4.78 is 39.8. The van der Waals surface area contributed by atoms with Crippen molar-refractivity contribution in [2.24, 2.45) is 0 Å². The van der Waals surface area contributed by atoms with Crippen molar-refractivity contribution in [2.45, 2.75) is 19.4 Å². The maximum absolute atomic E-state index is 13.6. The molecule has 1 fully saturated rings. The molecule has 0 spiro atoms. The van der Waals surface area contributed by atoms with Crippen molar-refractivity contribution in [2.75, 3.05) is 18.4 Å². The second-order valence-corrected chi connectivity index (χ2v) is 7.36. The van der Waals surface area contributed by atoms with Gasteiger partial charge in [0.15, 0.2) is 17.5 Å². The average Bonchev–Trinajstić information content (AvgIpc) is 2.97. The highest BCUT2D eigenvalue weighted by atomic mass is 19.2. The van der Waals surface area contributed by atoms with Gasteiger partial charge in [0.2, 0.25) is 11.8 Å². The summed E-state index contributed by atoms with van der Waals surface area (Å²) in [6.07, 6.45) is 0. The summed E-state index contributed by atoms with van der Waals surface area (Å²) in [5, 5.41) is 6.72. The topological polar surface area (TPSA) is 108 Å². The Hall–Kier alpha value is -3.89. The van der Waals surface area contributed by atoms with Gasteiger partial charge in [-0.25, -0.2) is 18.0 Å². The lowest BCUT2D eigenvalue weighted by Gasteiger charge is -2.22. The second-order valence-electron chi connectivity index (χ2n) is 7.36. The molecule has 1 heterocycles. The molecule has 168 valence electrons. The minimum atomic E-state index is -1.75. The molecule has 5 amide bonds. The van der Waals surface area contributed by atoms with Crippen LogP contribution < -0.4 is 16.0 Å². The Morgan fingerprint density at radius 1 is 1.00 bits per heavy atom. The number of nitrogens with zero attached hydrogens (tertiary/aromatic N) is 1. The maximum atomic E-state index is 13.6. The van der Waals surface area contributed by atoms with Crippen molar-refractivity contribution in [1.82, 2.24) is 15.5 Å². The molecule has 11 heteroatoms. The minimum absolute atomic E-state index is 0.539. The van der Waals surface area contributed by atoms with E-state index in [1.54, 1.807) is 24.3 Å². The lowest BCUT2D eigenvalue weighted by atomic mass is 9.91. The van der Waals surface area contributed by atoms with Crippen LogP contribution in [0.4, 0.5) is 23.7 Å². The number of amides is 5. The van der Waals surface area contributed by atoms with Crippen molar-refractivity contribution in [1.29, 1.82) is 0 Å². The van der Waals surface area contributed by atoms with E-state index in [4.69, 9.17) is 0 Å². The molecule has 2 aromatic carbocycles. The zero-order valence-electron chi connectivity index (χ0n) is 17.1. The van der Waals surface area contributed by atoms with Crippen LogP contribution in [0.5, 0.6) is 0 Å². The standard InChI is InChI=1S/C21H19F3N4O4/c1-11-3-5-12(6-4-11)21(2)19(31)28(20(32)27-21)10-16(30)25-9-15(29)26-14-8-7-13(22)17(23)18(14)24/h3-8H,9-10H2,1-2H3,(H,25,30)(H,26,29)(H,27,32)/t21-/m0/s1. The SMILES string of the molecule is Cc1ccc([C@]2(C)NC(=O)N(CC(=O)NCC(=O)Nc3ccc(F)c(F)c3F)C2=O)cc1. The number of benzene rings is 2. The van der Waals surface area contributed by atoms with Crippen LogP contribution in [0.25, 0.3) is 0 Å². The number of hydrogen-bond acceptors (Lipinski definition) is 4. The van der Waals surface area contributed by atoms with E-state index >= 15 is 0 Å². The van der Waals surface area contributed by atoms with Crippen LogP contribution in [0.15, 0.2) is 36.4 Å². The van der Waals surface area contributed by atoms with Gasteiger partial charge in [-0.1, -0.05) is 29.8 Å². The number of anilines is 1. The van der Waals surface area contributed by atoms with Crippen LogP contribution in [0.3, 0.4) is 0 Å².